The van der Waals surface area contributed by atoms with Gasteiger partial charge in [-0.3, -0.25) is 4.79 Å². The molecule has 1 aliphatic rings. The number of morpholine rings is 1. The number of hydrogen-bond acceptors (Lipinski definition) is 4. The number of amides is 1. The zero-order valence-corrected chi connectivity index (χ0v) is 12.3. The van der Waals surface area contributed by atoms with E-state index in [1.54, 1.807) is 6.07 Å². The van der Waals surface area contributed by atoms with E-state index in [0.29, 0.717) is 19.0 Å². The van der Waals surface area contributed by atoms with Crippen molar-refractivity contribution in [1.29, 1.82) is 0 Å². The van der Waals surface area contributed by atoms with E-state index in [1.807, 2.05) is 13.8 Å². The molecule has 0 aromatic heterocycles. The highest BCUT2D eigenvalue weighted by Crippen LogP contribution is 2.21. The number of anilines is 1. The lowest BCUT2D eigenvalue weighted by atomic mass is 10.2. The van der Waals surface area contributed by atoms with E-state index in [2.05, 4.69) is 10.6 Å². The quantitative estimate of drug-likeness (QED) is 0.871. The molecule has 1 fully saturated rings. The van der Waals surface area contributed by atoms with Crippen LogP contribution >= 0.6 is 0 Å². The molecule has 2 N–H and O–H groups in total. The van der Waals surface area contributed by atoms with Crippen molar-refractivity contribution in [3.63, 3.8) is 0 Å². The minimum absolute atomic E-state index is 0.0228. The minimum atomic E-state index is -0.505. The van der Waals surface area contributed by atoms with Gasteiger partial charge in [0.25, 0.3) is 0 Å². The van der Waals surface area contributed by atoms with E-state index in [0.717, 1.165) is 6.54 Å². The molecule has 1 aliphatic heterocycles. The van der Waals surface area contributed by atoms with Gasteiger partial charge >= 0.3 is 0 Å². The van der Waals surface area contributed by atoms with Gasteiger partial charge in [-0.1, -0.05) is 0 Å². The first kappa shape index (κ1) is 15.7. The van der Waals surface area contributed by atoms with E-state index in [9.17, 15) is 9.18 Å². The molecule has 1 atom stereocenters. The van der Waals surface area contributed by atoms with Gasteiger partial charge in [-0.15, -0.1) is 0 Å². The molecule has 0 spiro atoms. The van der Waals surface area contributed by atoms with Crippen molar-refractivity contribution in [3.05, 3.63) is 24.0 Å². The van der Waals surface area contributed by atoms with Crippen LogP contribution in [0.5, 0.6) is 5.75 Å². The van der Waals surface area contributed by atoms with Crippen molar-refractivity contribution in [2.24, 2.45) is 0 Å². The van der Waals surface area contributed by atoms with Crippen LogP contribution in [-0.2, 0) is 9.53 Å². The first-order valence-electron chi connectivity index (χ1n) is 7.12. The number of ether oxygens (including phenoxy) is 2. The van der Waals surface area contributed by atoms with Crippen LogP contribution in [0.15, 0.2) is 18.2 Å². The lowest BCUT2D eigenvalue weighted by Crippen LogP contribution is -2.43. The van der Waals surface area contributed by atoms with Crippen molar-refractivity contribution >= 4 is 11.6 Å². The molecule has 1 aromatic rings. The Balaban J connectivity index is 1.90. The molecule has 2 rings (SSSR count). The maximum absolute atomic E-state index is 13.9. The third kappa shape index (κ3) is 4.99. The molecule has 1 aromatic carbocycles. The van der Waals surface area contributed by atoms with Crippen LogP contribution in [0, 0.1) is 5.82 Å². The molecule has 1 amide bonds. The molecule has 0 bridgehead atoms. The van der Waals surface area contributed by atoms with Crippen LogP contribution in [0.3, 0.4) is 0 Å². The molecular formula is C15H21FN2O3. The fourth-order valence-corrected chi connectivity index (χ4v) is 2.12. The Morgan fingerprint density at radius 2 is 2.38 bits per heavy atom. The third-order valence-corrected chi connectivity index (χ3v) is 3.02. The Bertz CT molecular complexity index is 488. The summed E-state index contributed by atoms with van der Waals surface area (Å²) in [6, 6.07) is 4.40. The lowest BCUT2D eigenvalue weighted by Gasteiger charge is -2.23. The standard InChI is InChI=1S/C15H21FN2O3/c1-10(2)21-12-3-4-14(13(16)8-12)18-15(19)7-11-9-20-6-5-17-11/h3-4,8,10-11,17H,5-7,9H2,1-2H3,(H,18,19). The van der Waals surface area contributed by atoms with Gasteiger partial charge in [-0.05, 0) is 26.0 Å². The first-order valence-corrected chi connectivity index (χ1v) is 7.12. The molecule has 21 heavy (non-hydrogen) atoms. The van der Waals surface area contributed by atoms with Gasteiger partial charge in [0.2, 0.25) is 5.91 Å². The number of benzene rings is 1. The van der Waals surface area contributed by atoms with Crippen molar-refractivity contribution < 1.29 is 18.7 Å². The third-order valence-electron chi connectivity index (χ3n) is 3.02. The second-order valence-electron chi connectivity index (χ2n) is 5.29. The smallest absolute Gasteiger partial charge is 0.226 e. The average Bonchev–Trinajstić information content (AvgIpc) is 2.42. The maximum atomic E-state index is 13.9. The highest BCUT2D eigenvalue weighted by molar-refractivity contribution is 5.91. The van der Waals surface area contributed by atoms with Gasteiger partial charge in [0, 0.05) is 25.1 Å². The average molecular weight is 296 g/mol. The molecule has 116 valence electrons. The molecule has 0 aliphatic carbocycles. The summed E-state index contributed by atoms with van der Waals surface area (Å²) in [5, 5.41) is 5.75. The van der Waals surface area contributed by atoms with Crippen LogP contribution in [0.2, 0.25) is 0 Å². The summed E-state index contributed by atoms with van der Waals surface area (Å²) >= 11 is 0. The van der Waals surface area contributed by atoms with E-state index in [-0.39, 0.29) is 30.2 Å². The molecule has 6 heteroatoms. The Morgan fingerprint density at radius 3 is 3.00 bits per heavy atom. The first-order chi connectivity index (χ1) is 10.0. The molecule has 5 nitrogen and oxygen atoms in total. The fraction of sp³-hybridized carbons (Fsp3) is 0.533. The Kier molecular flexibility index (Phi) is 5.52. The normalized spacial score (nSPS) is 18.6. The fourth-order valence-electron chi connectivity index (χ4n) is 2.12. The SMILES string of the molecule is CC(C)Oc1ccc(NC(=O)CC2COCCN2)c(F)c1. The second-order valence-corrected chi connectivity index (χ2v) is 5.29. The van der Waals surface area contributed by atoms with Crippen LogP contribution in [0.1, 0.15) is 20.3 Å². The van der Waals surface area contributed by atoms with Crippen LogP contribution in [-0.4, -0.2) is 37.8 Å². The molecule has 1 unspecified atom stereocenters. The summed E-state index contributed by atoms with van der Waals surface area (Å²) in [4.78, 5) is 11.9. The van der Waals surface area contributed by atoms with Gasteiger partial charge in [0.05, 0.1) is 25.0 Å². The lowest BCUT2D eigenvalue weighted by molar-refractivity contribution is -0.117. The minimum Gasteiger partial charge on any atom is -0.491 e. The maximum Gasteiger partial charge on any atom is 0.226 e. The summed E-state index contributed by atoms with van der Waals surface area (Å²) in [6.07, 6.45) is 0.228. The molecule has 1 heterocycles. The number of hydrogen-bond donors (Lipinski definition) is 2. The molecule has 0 radical (unpaired) electrons. The zero-order valence-electron chi connectivity index (χ0n) is 12.3. The molecular weight excluding hydrogens is 275 g/mol. The predicted molar refractivity (Wildman–Crippen MR) is 78.0 cm³/mol. The monoisotopic (exact) mass is 296 g/mol. The van der Waals surface area contributed by atoms with Crippen molar-refractivity contribution in [2.45, 2.75) is 32.4 Å². The van der Waals surface area contributed by atoms with Gasteiger partial charge in [-0.2, -0.15) is 0 Å². The topological polar surface area (TPSA) is 59.6 Å². The summed E-state index contributed by atoms with van der Waals surface area (Å²) in [5.74, 6) is -0.299. The summed E-state index contributed by atoms with van der Waals surface area (Å²) in [7, 11) is 0. The number of carbonyl (C=O) groups excluding carboxylic acids is 1. The van der Waals surface area contributed by atoms with Gasteiger partial charge in [-0.25, -0.2) is 4.39 Å². The number of halogens is 1. The van der Waals surface area contributed by atoms with Crippen molar-refractivity contribution in [2.75, 3.05) is 25.1 Å². The Labute approximate surface area is 123 Å². The number of rotatable bonds is 5. The van der Waals surface area contributed by atoms with Gasteiger partial charge in [0.15, 0.2) is 0 Å². The largest absolute Gasteiger partial charge is 0.491 e. The Morgan fingerprint density at radius 1 is 1.57 bits per heavy atom. The highest BCUT2D eigenvalue weighted by Gasteiger charge is 2.17. The van der Waals surface area contributed by atoms with Crippen LogP contribution < -0.4 is 15.4 Å². The number of nitrogens with one attached hydrogen (secondary N) is 2. The zero-order chi connectivity index (χ0) is 15.2. The highest BCUT2D eigenvalue weighted by atomic mass is 19.1. The summed E-state index contributed by atoms with van der Waals surface area (Å²) in [6.45, 7) is 5.62. The van der Waals surface area contributed by atoms with Crippen LogP contribution in [0.4, 0.5) is 10.1 Å². The van der Waals surface area contributed by atoms with E-state index >= 15 is 0 Å². The second kappa shape index (κ2) is 7.38. The van der Waals surface area contributed by atoms with Crippen molar-refractivity contribution in [3.8, 4) is 5.75 Å². The van der Waals surface area contributed by atoms with Gasteiger partial charge < -0.3 is 20.1 Å². The summed E-state index contributed by atoms with van der Waals surface area (Å²) < 4.78 is 24.6. The van der Waals surface area contributed by atoms with E-state index in [4.69, 9.17) is 9.47 Å². The van der Waals surface area contributed by atoms with E-state index < -0.39 is 5.82 Å². The molecule has 0 saturated carbocycles. The summed E-state index contributed by atoms with van der Waals surface area (Å²) in [5.41, 5.74) is 0.160. The van der Waals surface area contributed by atoms with Crippen molar-refractivity contribution in [1.82, 2.24) is 5.32 Å². The van der Waals surface area contributed by atoms with E-state index in [1.165, 1.54) is 12.1 Å². The Hall–Kier alpha value is -1.66. The van der Waals surface area contributed by atoms with Crippen LogP contribution in [0.25, 0.3) is 0 Å². The molecule has 1 saturated heterocycles. The van der Waals surface area contributed by atoms with Gasteiger partial charge in [0.1, 0.15) is 11.6 Å². The number of carbonyl (C=O) groups is 1. The predicted octanol–water partition coefficient (Wildman–Crippen LogP) is 1.93.